The normalized spacial score (nSPS) is 16.8. The van der Waals surface area contributed by atoms with Crippen LogP contribution in [0.1, 0.15) is 34.3 Å². The molecule has 1 aliphatic heterocycles. The highest BCUT2D eigenvalue weighted by Crippen LogP contribution is 2.19. The van der Waals surface area contributed by atoms with E-state index in [1.165, 1.54) is 5.56 Å². The highest BCUT2D eigenvalue weighted by molar-refractivity contribution is 6.31. The van der Waals surface area contributed by atoms with Crippen molar-refractivity contribution in [2.45, 2.75) is 32.5 Å². The maximum atomic E-state index is 12.3. The summed E-state index contributed by atoms with van der Waals surface area (Å²) in [6.45, 7) is 4.44. The summed E-state index contributed by atoms with van der Waals surface area (Å²) in [5, 5.41) is 3.50. The molecule has 1 aliphatic rings. The fourth-order valence-electron chi connectivity index (χ4n) is 3.06. The number of amides is 1. The highest BCUT2D eigenvalue weighted by Gasteiger charge is 2.21. The van der Waals surface area contributed by atoms with Crippen LogP contribution in [0.25, 0.3) is 0 Å². The number of anilines is 1. The first-order valence-corrected chi connectivity index (χ1v) is 9.26. The number of carbonyl (C=O) groups is 1. The van der Waals surface area contributed by atoms with E-state index in [-0.39, 0.29) is 5.91 Å². The van der Waals surface area contributed by atoms with Gasteiger partial charge in [0.2, 0.25) is 0 Å². The average Bonchev–Trinajstić information content (AvgIpc) is 3.12. The third kappa shape index (κ3) is 5.07. The van der Waals surface area contributed by atoms with Gasteiger partial charge in [-0.3, -0.25) is 4.79 Å². The molecule has 0 aromatic heterocycles. The van der Waals surface area contributed by atoms with Gasteiger partial charge in [-0.2, -0.15) is 0 Å². The average molecular weight is 375 g/mol. The third-order valence-corrected chi connectivity index (χ3v) is 4.96. The number of hydrogen-bond acceptors (Lipinski definition) is 2. The molecule has 0 saturated carbocycles. The van der Waals surface area contributed by atoms with Crippen molar-refractivity contribution in [3.63, 3.8) is 0 Å². The molecule has 2 aromatic carbocycles. The Balaban J connectivity index is 1.55. The summed E-state index contributed by atoms with van der Waals surface area (Å²) < 4.78 is 8.78. The van der Waals surface area contributed by atoms with Crippen molar-refractivity contribution in [1.82, 2.24) is 0 Å². The van der Waals surface area contributed by atoms with Crippen molar-refractivity contribution in [3.05, 3.63) is 64.2 Å². The van der Waals surface area contributed by atoms with Gasteiger partial charge in [-0.05, 0) is 61.7 Å². The monoisotopic (exact) mass is 374 g/mol. The van der Waals surface area contributed by atoms with Gasteiger partial charge in [0.15, 0.2) is 13.2 Å². The van der Waals surface area contributed by atoms with Crippen molar-refractivity contribution in [3.8, 4) is 0 Å². The molecule has 1 N–H and O–H groups in total. The molecule has 1 amide bonds. The smallest absolute Gasteiger partial charge is 0.255 e. The number of benzene rings is 2. The van der Waals surface area contributed by atoms with E-state index in [1.54, 1.807) is 12.1 Å². The van der Waals surface area contributed by atoms with E-state index >= 15 is 0 Å². The Kier molecular flexibility index (Phi) is 6.30. The van der Waals surface area contributed by atoms with E-state index in [0.717, 1.165) is 43.9 Å². The van der Waals surface area contributed by atoms with E-state index in [2.05, 4.69) is 9.68 Å². The molecule has 1 saturated heterocycles. The largest absolute Gasteiger partial charge is 0.419 e. The van der Waals surface area contributed by atoms with Gasteiger partial charge in [0.05, 0.1) is 0 Å². The quantitative estimate of drug-likeness (QED) is 0.740. The maximum Gasteiger partial charge on any atom is 0.255 e. The summed E-state index contributed by atoms with van der Waals surface area (Å²) >= 11 is 6.09. The zero-order chi connectivity index (χ0) is 18.5. The maximum absolute atomic E-state index is 12.3. The minimum atomic E-state index is -0.162. The van der Waals surface area contributed by atoms with Gasteiger partial charge < -0.3 is 14.4 Å². The number of carbonyl (C=O) groups excluding carboxylic acids is 1. The van der Waals surface area contributed by atoms with Crippen molar-refractivity contribution < 1.29 is 13.9 Å². The molecule has 0 radical (unpaired) electrons. The standard InChI is InChI=1S/C21H24ClNO3/c1-15-5-8-17(12-20(15)22)21(24)23-18-9-6-16(7-10-18)13-26(2)14-19-4-3-11-25-19/h5-10,12,19H,3-4,11,13-14H2,1-2H3/p+1. The van der Waals surface area contributed by atoms with Gasteiger partial charge in [0, 0.05) is 28.4 Å². The Bertz CT molecular complexity index is 754. The molecule has 2 aromatic rings. The summed E-state index contributed by atoms with van der Waals surface area (Å²) in [6.07, 6.45) is 2.61. The second kappa shape index (κ2) is 8.67. The lowest BCUT2D eigenvalue weighted by Gasteiger charge is -2.17. The van der Waals surface area contributed by atoms with E-state index in [4.69, 9.17) is 16.3 Å². The van der Waals surface area contributed by atoms with E-state index in [1.807, 2.05) is 44.4 Å². The molecule has 0 spiro atoms. The zero-order valence-electron chi connectivity index (χ0n) is 15.3. The lowest BCUT2D eigenvalue weighted by molar-refractivity contribution is -0.148. The lowest BCUT2D eigenvalue weighted by atomic mass is 10.1. The molecular formula is C21H25ClNO3+. The molecule has 0 bridgehead atoms. The van der Waals surface area contributed by atoms with Crippen molar-refractivity contribution in [2.75, 3.05) is 25.6 Å². The van der Waals surface area contributed by atoms with Crippen LogP contribution < -0.4 is 5.32 Å². The fourth-order valence-corrected chi connectivity index (χ4v) is 3.24. The Labute approximate surface area is 159 Å². The number of nitrogens with one attached hydrogen (secondary N) is 1. The van der Waals surface area contributed by atoms with Crippen LogP contribution in [0.5, 0.6) is 0 Å². The fraction of sp³-hybridized carbons (Fsp3) is 0.381. The van der Waals surface area contributed by atoms with E-state index in [0.29, 0.717) is 16.7 Å². The second-order valence-corrected chi connectivity index (χ2v) is 7.25. The van der Waals surface area contributed by atoms with Gasteiger partial charge in [-0.25, -0.2) is 0 Å². The van der Waals surface area contributed by atoms with Gasteiger partial charge >= 0.3 is 0 Å². The van der Waals surface area contributed by atoms with Crippen LogP contribution in [0.15, 0.2) is 42.5 Å². The van der Waals surface area contributed by atoms with Crippen LogP contribution >= 0.6 is 11.6 Å². The molecule has 26 heavy (non-hydrogen) atoms. The number of hydrogen-bond donors (Lipinski definition) is 1. The van der Waals surface area contributed by atoms with Crippen LogP contribution in [-0.4, -0.2) is 32.3 Å². The topological polar surface area (TPSA) is 41.0 Å². The van der Waals surface area contributed by atoms with Gasteiger partial charge in [0.25, 0.3) is 5.91 Å². The van der Waals surface area contributed by atoms with Gasteiger partial charge in [0.1, 0.15) is 13.2 Å². The SMILES string of the molecule is Cc1ccc(C(=O)Nc2ccc(C[O+](C)CC3CCCO3)cc2)cc1Cl. The molecule has 4 nitrogen and oxygen atoms in total. The molecule has 1 unspecified atom stereocenters. The summed E-state index contributed by atoms with van der Waals surface area (Å²) in [4.78, 5) is 12.3. The predicted octanol–water partition coefficient (Wildman–Crippen LogP) is 4.76. The van der Waals surface area contributed by atoms with Crippen LogP contribution in [0.3, 0.4) is 0 Å². The van der Waals surface area contributed by atoms with Crippen LogP contribution in [-0.2, 0) is 15.7 Å². The second-order valence-electron chi connectivity index (χ2n) is 6.84. The third-order valence-electron chi connectivity index (χ3n) is 4.55. The first-order chi connectivity index (χ1) is 12.5. The number of rotatable bonds is 6. The molecule has 3 rings (SSSR count). The molecule has 5 heteroatoms. The number of aryl methyl sites for hydroxylation is 1. The minimum absolute atomic E-state index is 0.162. The minimum Gasteiger partial charge on any atom is -0.419 e. The van der Waals surface area contributed by atoms with Crippen molar-refractivity contribution in [1.29, 1.82) is 0 Å². The summed E-state index contributed by atoms with van der Waals surface area (Å²) in [7, 11) is 2.03. The Hall–Kier alpha value is -1.88. The van der Waals surface area contributed by atoms with Crippen LogP contribution in [0, 0.1) is 6.92 Å². The first kappa shape index (κ1) is 18.9. The molecular weight excluding hydrogens is 350 g/mol. The Morgan fingerprint density at radius 1 is 1.27 bits per heavy atom. The van der Waals surface area contributed by atoms with E-state index < -0.39 is 0 Å². The molecule has 1 atom stereocenters. The zero-order valence-corrected chi connectivity index (χ0v) is 16.0. The van der Waals surface area contributed by atoms with Crippen molar-refractivity contribution >= 4 is 23.2 Å². The molecule has 1 fully saturated rings. The Morgan fingerprint density at radius 2 is 2.04 bits per heavy atom. The van der Waals surface area contributed by atoms with Gasteiger partial charge in [-0.15, -0.1) is 0 Å². The van der Waals surface area contributed by atoms with E-state index in [9.17, 15) is 4.79 Å². The first-order valence-electron chi connectivity index (χ1n) is 8.88. The van der Waals surface area contributed by atoms with Crippen LogP contribution in [0.4, 0.5) is 5.69 Å². The highest BCUT2D eigenvalue weighted by atomic mass is 35.5. The predicted molar refractivity (Wildman–Crippen MR) is 105 cm³/mol. The molecule has 1 heterocycles. The summed E-state index contributed by atoms with van der Waals surface area (Å²) in [5.74, 6) is -0.162. The van der Waals surface area contributed by atoms with Crippen LogP contribution in [0.2, 0.25) is 5.02 Å². The lowest BCUT2D eigenvalue weighted by Crippen LogP contribution is -2.22. The number of halogens is 1. The van der Waals surface area contributed by atoms with Gasteiger partial charge in [-0.1, -0.05) is 17.7 Å². The van der Waals surface area contributed by atoms with Crippen molar-refractivity contribution in [2.24, 2.45) is 0 Å². The number of ether oxygens (including phenoxy) is 1. The summed E-state index contributed by atoms with van der Waals surface area (Å²) in [5.41, 5.74) is 3.45. The summed E-state index contributed by atoms with van der Waals surface area (Å²) in [6, 6.07) is 13.2. The molecule has 138 valence electrons. The molecule has 0 aliphatic carbocycles. The Morgan fingerprint density at radius 3 is 2.69 bits per heavy atom.